The van der Waals surface area contributed by atoms with Crippen LogP contribution in [-0.2, 0) is 35.2 Å². The molecule has 1 aromatic carbocycles. The first-order valence-electron chi connectivity index (χ1n) is 20.8. The summed E-state index contributed by atoms with van der Waals surface area (Å²) in [4.78, 5) is 51.9. The van der Waals surface area contributed by atoms with E-state index in [0.717, 1.165) is 56.9 Å². The maximum absolute atomic E-state index is 14.3. The smallest absolute Gasteiger partial charge is 0.309 e. The molecule has 54 heavy (non-hydrogen) atoms. The van der Waals surface area contributed by atoms with Gasteiger partial charge in [-0.1, -0.05) is 78.8 Å². The molecule has 0 spiro atoms. The molecule has 6 rings (SSSR count). The zero-order valence-corrected chi connectivity index (χ0v) is 34.7. The third-order valence-electron chi connectivity index (χ3n) is 16.3. The van der Waals surface area contributed by atoms with E-state index in [1.165, 1.54) is 18.1 Å². The Bertz CT molecular complexity index is 1680. The van der Waals surface area contributed by atoms with Crippen LogP contribution in [0.2, 0.25) is 0 Å². The molecule has 0 radical (unpaired) electrons. The number of carboxylic acid groups (broad SMARTS) is 1. The number of rotatable bonds is 11. The van der Waals surface area contributed by atoms with E-state index in [-0.39, 0.29) is 57.8 Å². The fraction of sp³-hybridized carbons (Fsp3) is 0.739. The Morgan fingerprint density at radius 3 is 2.22 bits per heavy atom. The van der Waals surface area contributed by atoms with E-state index in [1.807, 2.05) is 18.2 Å². The molecule has 4 fully saturated rings. The van der Waals surface area contributed by atoms with Gasteiger partial charge in [0.05, 0.1) is 11.8 Å². The molecule has 8 nitrogen and oxygen atoms in total. The highest BCUT2D eigenvalue weighted by molar-refractivity contribution is 6.01. The van der Waals surface area contributed by atoms with E-state index in [2.05, 4.69) is 65.9 Å². The van der Waals surface area contributed by atoms with Gasteiger partial charge in [0, 0.05) is 37.3 Å². The van der Waals surface area contributed by atoms with Gasteiger partial charge in [-0.15, -0.1) is 0 Å². The Kier molecular flexibility index (Phi) is 10.7. The lowest BCUT2D eigenvalue weighted by Crippen LogP contribution is -2.66. The maximum atomic E-state index is 14.3. The lowest BCUT2D eigenvalue weighted by Gasteiger charge is -2.72. The summed E-state index contributed by atoms with van der Waals surface area (Å²) in [6, 6.07) is 10.3. The van der Waals surface area contributed by atoms with Crippen molar-refractivity contribution in [1.82, 2.24) is 5.32 Å². The fourth-order valence-electron chi connectivity index (χ4n) is 13.4. The molecule has 5 aliphatic carbocycles. The van der Waals surface area contributed by atoms with Gasteiger partial charge in [-0.2, -0.15) is 0 Å². The Labute approximate surface area is 324 Å². The van der Waals surface area contributed by atoms with Crippen LogP contribution in [0.4, 0.5) is 0 Å². The first kappa shape index (κ1) is 40.7. The molecule has 0 heterocycles. The largest absolute Gasteiger partial charge is 0.481 e. The van der Waals surface area contributed by atoms with Gasteiger partial charge < -0.3 is 19.9 Å². The third-order valence-corrected chi connectivity index (χ3v) is 16.3. The van der Waals surface area contributed by atoms with Crippen molar-refractivity contribution in [3.63, 3.8) is 0 Å². The molecule has 0 amide bonds. The molecule has 5 aliphatic rings. The van der Waals surface area contributed by atoms with Crippen LogP contribution in [-0.4, -0.2) is 47.6 Å². The van der Waals surface area contributed by atoms with Gasteiger partial charge in [-0.3, -0.25) is 19.2 Å². The first-order chi connectivity index (χ1) is 25.1. The molecule has 8 heteroatoms. The molecule has 298 valence electrons. The Morgan fingerprint density at radius 1 is 0.907 bits per heavy atom. The zero-order valence-electron chi connectivity index (χ0n) is 34.7. The molecule has 9 atom stereocenters. The second kappa shape index (κ2) is 14.2. The number of ketones is 1. The topological polar surface area (TPSA) is 119 Å². The van der Waals surface area contributed by atoms with Crippen molar-refractivity contribution >= 4 is 23.7 Å². The quantitative estimate of drug-likeness (QED) is 0.216. The number of ether oxygens (including phenoxy) is 2. The van der Waals surface area contributed by atoms with E-state index >= 15 is 0 Å². The Balaban J connectivity index is 1.30. The fourth-order valence-corrected chi connectivity index (χ4v) is 13.4. The molecule has 0 aromatic heterocycles. The lowest BCUT2D eigenvalue weighted by molar-refractivity contribution is -0.235. The molecule has 4 saturated carbocycles. The summed E-state index contributed by atoms with van der Waals surface area (Å²) in [7, 11) is 0. The number of carbonyl (C=O) groups excluding carboxylic acids is 3. The van der Waals surface area contributed by atoms with E-state index in [9.17, 15) is 24.3 Å². The summed E-state index contributed by atoms with van der Waals surface area (Å²) in [5.41, 5.74) is 1.55. The summed E-state index contributed by atoms with van der Waals surface area (Å²) < 4.78 is 12.5. The van der Waals surface area contributed by atoms with Crippen LogP contribution < -0.4 is 5.32 Å². The summed E-state index contributed by atoms with van der Waals surface area (Å²) in [6.45, 7) is 22.3. The summed E-state index contributed by atoms with van der Waals surface area (Å²) in [6.07, 6.45) is 7.29. The SMILES string of the molecule is CC(=O)O[C@H](CNCc1ccccc1)[C@@]12CC[C@]3(C)[C@H](CC[C@@H]4[C@@]5(C)CC[C@H](OC(=O)CC(C)(C)C(=O)O)C(C)(C)[C@@H]5CC[C@]43C)C1=C(C(C)C)C(=O)C2. The van der Waals surface area contributed by atoms with Gasteiger partial charge in [0.15, 0.2) is 5.78 Å². The van der Waals surface area contributed by atoms with Gasteiger partial charge in [-0.25, -0.2) is 0 Å². The van der Waals surface area contributed by atoms with Gasteiger partial charge >= 0.3 is 17.9 Å². The highest BCUT2D eigenvalue weighted by Gasteiger charge is 2.71. The maximum Gasteiger partial charge on any atom is 0.309 e. The van der Waals surface area contributed by atoms with E-state index in [4.69, 9.17) is 9.47 Å². The predicted octanol–water partition coefficient (Wildman–Crippen LogP) is 9.10. The van der Waals surface area contributed by atoms with E-state index in [1.54, 1.807) is 13.8 Å². The van der Waals surface area contributed by atoms with Crippen molar-refractivity contribution in [3.05, 3.63) is 47.0 Å². The Morgan fingerprint density at radius 2 is 1.59 bits per heavy atom. The van der Waals surface area contributed by atoms with Crippen molar-refractivity contribution in [2.45, 2.75) is 152 Å². The number of hydrogen-bond donors (Lipinski definition) is 2. The molecule has 0 saturated heterocycles. The first-order valence-corrected chi connectivity index (χ1v) is 20.8. The number of Topliss-reactive ketones (excluding diaryl/α,β-unsaturated/α-hetero) is 1. The Hall–Kier alpha value is -3.00. The highest BCUT2D eigenvalue weighted by Crippen LogP contribution is 2.77. The van der Waals surface area contributed by atoms with Crippen LogP contribution in [0.3, 0.4) is 0 Å². The number of hydrogen-bond acceptors (Lipinski definition) is 7. The standard InChI is InChI=1S/C46H67NO7/c1-28(2)38-32(49)24-46(36(53-29(3)48)27-47-26-30-14-12-11-13-15-30)23-22-44(9)31(39(38)46)16-17-34-43(8)20-19-35(54-37(50)25-41(4,5)40(51)52)42(6,7)33(43)18-21-45(34,44)10/h11-15,28,31,33-36,47H,16-27H2,1-10H3,(H,51,52)/t31-,33+,34-,35+,36-,43+,44-,45-,46+/m1/s1. The van der Waals surface area contributed by atoms with Crippen LogP contribution in [0.1, 0.15) is 139 Å². The minimum atomic E-state index is -1.17. The highest BCUT2D eigenvalue weighted by atomic mass is 16.5. The van der Waals surface area contributed by atoms with E-state index in [0.29, 0.717) is 31.3 Å². The average Bonchev–Trinajstić information content (AvgIpc) is 3.39. The third kappa shape index (κ3) is 6.48. The number of allylic oxidation sites excluding steroid dienone is 1. The van der Waals surface area contributed by atoms with Crippen LogP contribution >= 0.6 is 0 Å². The van der Waals surface area contributed by atoms with Crippen LogP contribution in [0.5, 0.6) is 0 Å². The minimum absolute atomic E-state index is 0.0294. The number of aliphatic carboxylic acids is 1. The summed E-state index contributed by atoms with van der Waals surface area (Å²) in [5.74, 6) is -0.350. The molecule has 2 N–H and O–H groups in total. The zero-order chi connectivity index (χ0) is 39.6. The molecular weight excluding hydrogens is 679 g/mol. The second-order valence-electron chi connectivity index (χ2n) is 20.3. The lowest BCUT2D eigenvalue weighted by atomic mass is 9.33. The van der Waals surface area contributed by atoms with E-state index < -0.39 is 28.9 Å². The number of fused-ring (bicyclic) bond motifs is 7. The van der Waals surface area contributed by atoms with Crippen molar-refractivity contribution in [2.24, 2.45) is 56.2 Å². The molecule has 1 aromatic rings. The van der Waals surface area contributed by atoms with Gasteiger partial charge in [0.2, 0.25) is 0 Å². The van der Waals surface area contributed by atoms with Crippen LogP contribution in [0.15, 0.2) is 41.5 Å². The van der Waals surface area contributed by atoms with Crippen LogP contribution in [0.25, 0.3) is 0 Å². The van der Waals surface area contributed by atoms with Crippen molar-refractivity contribution in [1.29, 1.82) is 0 Å². The van der Waals surface area contributed by atoms with Gasteiger partial charge in [0.1, 0.15) is 12.2 Å². The van der Waals surface area contributed by atoms with Gasteiger partial charge in [-0.05, 0) is 122 Å². The van der Waals surface area contributed by atoms with Crippen molar-refractivity contribution in [3.8, 4) is 0 Å². The van der Waals surface area contributed by atoms with Crippen molar-refractivity contribution < 1.29 is 33.8 Å². The molecule has 0 unspecified atom stereocenters. The predicted molar refractivity (Wildman–Crippen MR) is 209 cm³/mol. The van der Waals surface area contributed by atoms with Crippen LogP contribution in [0, 0.1) is 56.2 Å². The summed E-state index contributed by atoms with van der Waals surface area (Å²) in [5, 5.41) is 13.2. The monoisotopic (exact) mass is 745 g/mol. The number of nitrogens with one attached hydrogen (secondary N) is 1. The molecular formula is C46H67NO7. The summed E-state index contributed by atoms with van der Waals surface area (Å²) >= 11 is 0. The van der Waals surface area contributed by atoms with Gasteiger partial charge in [0.25, 0.3) is 0 Å². The number of esters is 2. The van der Waals surface area contributed by atoms with Crippen molar-refractivity contribution in [2.75, 3.05) is 6.54 Å². The minimum Gasteiger partial charge on any atom is -0.481 e. The second-order valence-corrected chi connectivity index (χ2v) is 20.3. The number of carbonyl (C=O) groups is 4. The number of carboxylic acids is 1. The average molecular weight is 746 g/mol. The molecule has 0 aliphatic heterocycles. The normalized spacial score (nSPS) is 36.4. The number of benzene rings is 1. The molecule has 0 bridgehead atoms.